The van der Waals surface area contributed by atoms with Gasteiger partial charge in [0.2, 0.25) is 0 Å². The Kier molecular flexibility index (Phi) is 5.09. The summed E-state index contributed by atoms with van der Waals surface area (Å²) >= 11 is 0. The first-order valence-electron chi connectivity index (χ1n) is 8.17. The second kappa shape index (κ2) is 7.23. The van der Waals surface area contributed by atoms with Crippen LogP contribution in [0.2, 0.25) is 0 Å². The van der Waals surface area contributed by atoms with Gasteiger partial charge in [-0.25, -0.2) is 0 Å². The molecule has 2 heterocycles. The van der Waals surface area contributed by atoms with E-state index in [1.54, 1.807) is 7.11 Å². The van der Waals surface area contributed by atoms with Crippen molar-refractivity contribution in [2.24, 2.45) is 5.92 Å². The summed E-state index contributed by atoms with van der Waals surface area (Å²) in [6.07, 6.45) is 10.1. The van der Waals surface area contributed by atoms with Crippen LogP contribution in [0.1, 0.15) is 43.6 Å². The zero-order chi connectivity index (χ0) is 14.5. The zero-order valence-electron chi connectivity index (χ0n) is 12.9. The highest BCUT2D eigenvalue weighted by Crippen LogP contribution is 2.50. The highest BCUT2D eigenvalue weighted by molar-refractivity contribution is 5.30. The lowest BCUT2D eigenvalue weighted by Gasteiger charge is -2.27. The van der Waals surface area contributed by atoms with Gasteiger partial charge in [0.15, 0.2) is 0 Å². The first-order valence-corrected chi connectivity index (χ1v) is 8.17. The van der Waals surface area contributed by atoms with E-state index >= 15 is 0 Å². The molecule has 4 heteroatoms. The van der Waals surface area contributed by atoms with E-state index < -0.39 is 0 Å². The summed E-state index contributed by atoms with van der Waals surface area (Å²) in [5, 5.41) is 3.35. The molecule has 1 aromatic rings. The summed E-state index contributed by atoms with van der Waals surface area (Å²) in [5.41, 5.74) is 1.35. The Morgan fingerprint density at radius 1 is 1.33 bits per heavy atom. The summed E-state index contributed by atoms with van der Waals surface area (Å²) in [5.74, 6) is 2.46. The largest absolute Gasteiger partial charge is 0.490 e. The van der Waals surface area contributed by atoms with Gasteiger partial charge in [0.25, 0.3) is 0 Å². The van der Waals surface area contributed by atoms with Gasteiger partial charge in [-0.05, 0) is 55.7 Å². The third-order valence-electron chi connectivity index (χ3n) is 4.64. The summed E-state index contributed by atoms with van der Waals surface area (Å²) in [7, 11) is 1.77. The molecule has 4 nitrogen and oxygen atoms in total. The average molecular weight is 290 g/mol. The Hall–Kier alpha value is -1.13. The van der Waals surface area contributed by atoms with Crippen molar-refractivity contribution in [2.75, 3.05) is 26.9 Å². The van der Waals surface area contributed by atoms with Crippen molar-refractivity contribution in [1.29, 1.82) is 0 Å². The van der Waals surface area contributed by atoms with Gasteiger partial charge in [0.05, 0.1) is 6.20 Å². The van der Waals surface area contributed by atoms with Crippen LogP contribution < -0.4 is 10.1 Å². The van der Waals surface area contributed by atoms with Crippen LogP contribution in [0.25, 0.3) is 0 Å². The Morgan fingerprint density at radius 3 is 3.00 bits per heavy atom. The summed E-state index contributed by atoms with van der Waals surface area (Å²) in [6.45, 7) is 2.77. The normalized spacial score (nSPS) is 27.2. The fourth-order valence-electron chi connectivity index (χ4n) is 3.03. The van der Waals surface area contributed by atoms with Crippen molar-refractivity contribution in [3.05, 3.63) is 24.0 Å². The predicted octanol–water partition coefficient (Wildman–Crippen LogP) is 2.74. The predicted molar refractivity (Wildman–Crippen MR) is 82.7 cm³/mol. The summed E-state index contributed by atoms with van der Waals surface area (Å²) < 4.78 is 10.9. The van der Waals surface area contributed by atoms with Crippen molar-refractivity contribution >= 4 is 0 Å². The fourth-order valence-corrected chi connectivity index (χ4v) is 3.03. The zero-order valence-corrected chi connectivity index (χ0v) is 12.9. The highest BCUT2D eigenvalue weighted by Gasteiger charge is 2.37. The third kappa shape index (κ3) is 4.17. The third-order valence-corrected chi connectivity index (χ3v) is 4.64. The molecule has 2 aliphatic rings. The van der Waals surface area contributed by atoms with Crippen molar-refractivity contribution in [3.8, 4) is 5.75 Å². The van der Waals surface area contributed by atoms with Crippen LogP contribution in [0.15, 0.2) is 18.5 Å². The summed E-state index contributed by atoms with van der Waals surface area (Å²) in [4.78, 5) is 4.35. The Bertz CT molecular complexity index is 448. The molecular weight excluding hydrogens is 264 g/mol. The van der Waals surface area contributed by atoms with Gasteiger partial charge in [0.1, 0.15) is 12.4 Å². The standard InChI is InChI=1S/C17H26N2O2/c1-20-7-3-2-4-13-9-17(13)14-8-16(11-18-10-14)21-12-15-5-6-19-15/h8,10-11,13,15,17,19H,2-7,9,12H2,1H3/t13-,15+,17+/m1/s1. The van der Waals surface area contributed by atoms with Gasteiger partial charge < -0.3 is 14.8 Å². The number of methoxy groups -OCH3 is 1. The molecule has 0 aromatic carbocycles. The molecule has 2 fully saturated rings. The van der Waals surface area contributed by atoms with E-state index in [4.69, 9.17) is 9.47 Å². The minimum atomic E-state index is 0.531. The molecule has 1 saturated carbocycles. The molecule has 3 rings (SSSR count). The van der Waals surface area contributed by atoms with Crippen molar-refractivity contribution in [1.82, 2.24) is 10.3 Å². The first-order chi connectivity index (χ1) is 10.4. The number of pyridine rings is 1. The Morgan fingerprint density at radius 2 is 2.24 bits per heavy atom. The number of unbranched alkanes of at least 4 members (excludes halogenated alkanes) is 1. The molecule has 1 saturated heterocycles. The quantitative estimate of drug-likeness (QED) is 0.710. The smallest absolute Gasteiger partial charge is 0.137 e. The van der Waals surface area contributed by atoms with Gasteiger partial charge in [-0.15, -0.1) is 0 Å². The van der Waals surface area contributed by atoms with Crippen LogP contribution >= 0.6 is 0 Å². The van der Waals surface area contributed by atoms with Crippen molar-refractivity contribution in [3.63, 3.8) is 0 Å². The van der Waals surface area contributed by atoms with Crippen LogP contribution in [0.5, 0.6) is 5.75 Å². The second-order valence-corrected chi connectivity index (χ2v) is 6.30. The van der Waals surface area contributed by atoms with Crippen LogP contribution in [0, 0.1) is 5.92 Å². The second-order valence-electron chi connectivity index (χ2n) is 6.30. The molecule has 3 atom stereocenters. The average Bonchev–Trinajstić information content (AvgIpc) is 3.22. The molecule has 1 aliphatic carbocycles. The van der Waals surface area contributed by atoms with Crippen molar-refractivity contribution in [2.45, 2.75) is 44.1 Å². The topological polar surface area (TPSA) is 43.4 Å². The lowest BCUT2D eigenvalue weighted by molar-refractivity contribution is 0.191. The van der Waals surface area contributed by atoms with E-state index in [9.17, 15) is 0 Å². The van der Waals surface area contributed by atoms with Gasteiger partial charge in [0, 0.05) is 26.0 Å². The van der Waals surface area contributed by atoms with Crippen LogP contribution in [-0.4, -0.2) is 37.9 Å². The maximum Gasteiger partial charge on any atom is 0.137 e. The van der Waals surface area contributed by atoms with Gasteiger partial charge in [-0.2, -0.15) is 0 Å². The molecule has 1 N–H and O–H groups in total. The molecule has 1 aromatic heterocycles. The molecule has 0 spiro atoms. The van der Waals surface area contributed by atoms with E-state index in [0.717, 1.165) is 31.4 Å². The van der Waals surface area contributed by atoms with Gasteiger partial charge >= 0.3 is 0 Å². The first kappa shape index (κ1) is 14.8. The molecule has 0 radical (unpaired) electrons. The molecule has 0 amide bonds. The van der Waals surface area contributed by atoms with Crippen LogP contribution in [0.3, 0.4) is 0 Å². The van der Waals surface area contributed by atoms with E-state index in [-0.39, 0.29) is 0 Å². The van der Waals surface area contributed by atoms with E-state index in [2.05, 4.69) is 16.4 Å². The van der Waals surface area contributed by atoms with E-state index in [1.807, 2.05) is 12.4 Å². The SMILES string of the molecule is COCCCC[C@@H]1C[C@@H]1c1cncc(OC[C@@H]2CCN2)c1. The van der Waals surface area contributed by atoms with Crippen molar-refractivity contribution < 1.29 is 9.47 Å². The lowest BCUT2D eigenvalue weighted by atomic mass is 10.1. The van der Waals surface area contributed by atoms with Gasteiger partial charge in [-0.1, -0.05) is 6.42 Å². The number of aromatic nitrogens is 1. The number of hydrogen-bond acceptors (Lipinski definition) is 4. The Balaban J connectivity index is 1.43. The van der Waals surface area contributed by atoms with Crippen LogP contribution in [-0.2, 0) is 4.74 Å². The monoisotopic (exact) mass is 290 g/mol. The van der Waals surface area contributed by atoms with E-state index in [1.165, 1.54) is 37.7 Å². The van der Waals surface area contributed by atoms with Gasteiger partial charge in [-0.3, -0.25) is 4.98 Å². The molecular formula is C17H26N2O2. The number of ether oxygens (including phenoxy) is 2. The highest BCUT2D eigenvalue weighted by atomic mass is 16.5. The molecule has 0 bridgehead atoms. The number of rotatable bonds is 9. The lowest BCUT2D eigenvalue weighted by Crippen LogP contribution is -2.46. The number of hydrogen-bond donors (Lipinski definition) is 1. The van der Waals surface area contributed by atoms with Crippen LogP contribution in [0.4, 0.5) is 0 Å². The fraction of sp³-hybridized carbons (Fsp3) is 0.706. The summed E-state index contributed by atoms with van der Waals surface area (Å²) in [6, 6.07) is 2.72. The van der Waals surface area contributed by atoms with E-state index in [0.29, 0.717) is 12.0 Å². The molecule has 0 unspecified atom stereocenters. The molecule has 21 heavy (non-hydrogen) atoms. The minimum Gasteiger partial charge on any atom is -0.490 e. The number of nitrogens with zero attached hydrogens (tertiary/aromatic N) is 1. The molecule has 1 aliphatic heterocycles. The number of nitrogens with one attached hydrogen (secondary N) is 1. The Labute approximate surface area is 127 Å². The maximum absolute atomic E-state index is 5.84. The minimum absolute atomic E-state index is 0.531. The molecule has 116 valence electrons. The maximum atomic E-state index is 5.84.